The Hall–Kier alpha value is -2.24. The lowest BCUT2D eigenvalue weighted by Crippen LogP contribution is -2.17. The first kappa shape index (κ1) is 10.3. The summed E-state index contributed by atoms with van der Waals surface area (Å²) in [6.45, 7) is 1.95. The van der Waals surface area contributed by atoms with Crippen LogP contribution in [0, 0.1) is 6.92 Å². The highest BCUT2D eigenvalue weighted by Gasteiger charge is 2.11. The lowest BCUT2D eigenvalue weighted by atomic mass is 10.2. The molecule has 0 radical (unpaired) electrons. The number of tetrazole rings is 1. The first-order valence-electron chi connectivity index (χ1n) is 4.80. The Labute approximate surface area is 92.1 Å². The van der Waals surface area contributed by atoms with E-state index < -0.39 is 5.91 Å². The summed E-state index contributed by atoms with van der Waals surface area (Å²) in [5.41, 5.74) is 7.00. The van der Waals surface area contributed by atoms with Crippen molar-refractivity contribution in [2.24, 2.45) is 5.73 Å². The average Bonchev–Trinajstić information content (AvgIpc) is 2.66. The Bertz CT molecular complexity index is 519. The second kappa shape index (κ2) is 4.09. The molecule has 0 saturated carbocycles. The van der Waals surface area contributed by atoms with Gasteiger partial charge in [-0.25, -0.2) is 0 Å². The number of carbonyl (C=O) groups excluding carboxylic acids is 1. The van der Waals surface area contributed by atoms with Crippen LogP contribution in [0.5, 0.6) is 0 Å². The van der Waals surface area contributed by atoms with Crippen molar-refractivity contribution >= 4 is 5.91 Å². The quantitative estimate of drug-likeness (QED) is 0.783. The third-order valence-electron chi connectivity index (χ3n) is 2.21. The van der Waals surface area contributed by atoms with Gasteiger partial charge in [0.05, 0.1) is 12.1 Å². The molecule has 0 aliphatic rings. The van der Waals surface area contributed by atoms with Gasteiger partial charge < -0.3 is 5.73 Å². The van der Waals surface area contributed by atoms with Crippen LogP contribution in [0.3, 0.4) is 0 Å². The van der Waals surface area contributed by atoms with Crippen molar-refractivity contribution in [1.29, 1.82) is 0 Å². The number of amides is 1. The number of nitrogens with zero attached hydrogens (tertiary/aromatic N) is 4. The first-order chi connectivity index (χ1) is 7.68. The van der Waals surface area contributed by atoms with E-state index >= 15 is 0 Å². The molecule has 0 aliphatic carbocycles. The number of hydrogen-bond acceptors (Lipinski definition) is 4. The van der Waals surface area contributed by atoms with Gasteiger partial charge in [-0.3, -0.25) is 4.79 Å². The van der Waals surface area contributed by atoms with Crippen LogP contribution < -0.4 is 5.73 Å². The van der Waals surface area contributed by atoms with Crippen LogP contribution in [-0.2, 0) is 11.2 Å². The molecule has 2 N–H and O–H groups in total. The van der Waals surface area contributed by atoms with E-state index in [9.17, 15) is 4.79 Å². The summed E-state index contributed by atoms with van der Waals surface area (Å²) in [6, 6.07) is 7.65. The highest BCUT2D eigenvalue weighted by molar-refractivity contribution is 5.75. The third kappa shape index (κ3) is 1.90. The van der Waals surface area contributed by atoms with Gasteiger partial charge >= 0.3 is 0 Å². The number of primary amides is 1. The molecular formula is C10H11N5O. The SMILES string of the molecule is Cc1ccccc1-n1nnnc1CC(N)=O. The van der Waals surface area contributed by atoms with Gasteiger partial charge in [0.1, 0.15) is 0 Å². The van der Waals surface area contributed by atoms with Crippen LogP contribution in [0.1, 0.15) is 11.4 Å². The standard InChI is InChI=1S/C10H11N5O/c1-7-4-2-3-5-8(7)15-10(6-9(11)16)12-13-14-15/h2-5H,6H2,1H3,(H2,11,16). The van der Waals surface area contributed by atoms with Crippen LogP contribution in [0.25, 0.3) is 5.69 Å². The molecule has 16 heavy (non-hydrogen) atoms. The van der Waals surface area contributed by atoms with Crippen LogP contribution in [-0.4, -0.2) is 26.1 Å². The van der Waals surface area contributed by atoms with Gasteiger partial charge in [0.15, 0.2) is 5.82 Å². The molecular weight excluding hydrogens is 206 g/mol. The second-order valence-corrected chi connectivity index (χ2v) is 3.44. The minimum absolute atomic E-state index is 0.0291. The number of aromatic nitrogens is 4. The molecule has 1 heterocycles. The molecule has 0 bridgehead atoms. The number of carbonyl (C=O) groups is 1. The molecule has 0 unspecified atom stereocenters. The van der Waals surface area contributed by atoms with Gasteiger partial charge in [0.2, 0.25) is 5.91 Å². The lowest BCUT2D eigenvalue weighted by Gasteiger charge is -2.05. The van der Waals surface area contributed by atoms with Crippen LogP contribution in [0.15, 0.2) is 24.3 Å². The van der Waals surface area contributed by atoms with E-state index in [1.165, 1.54) is 4.68 Å². The third-order valence-corrected chi connectivity index (χ3v) is 2.21. The topological polar surface area (TPSA) is 86.7 Å². The molecule has 1 amide bonds. The molecule has 0 atom stereocenters. The predicted octanol–water partition coefficient (Wildman–Crippen LogP) is -0.00148. The highest BCUT2D eigenvalue weighted by Crippen LogP contribution is 2.13. The van der Waals surface area contributed by atoms with Gasteiger partial charge in [-0.1, -0.05) is 18.2 Å². The van der Waals surface area contributed by atoms with E-state index in [2.05, 4.69) is 15.5 Å². The van der Waals surface area contributed by atoms with Gasteiger partial charge in [0.25, 0.3) is 0 Å². The minimum Gasteiger partial charge on any atom is -0.369 e. The fraction of sp³-hybridized carbons (Fsp3) is 0.200. The Morgan fingerprint density at radius 3 is 2.88 bits per heavy atom. The minimum atomic E-state index is -0.454. The summed E-state index contributed by atoms with van der Waals surface area (Å²) in [7, 11) is 0. The van der Waals surface area contributed by atoms with Crippen LogP contribution >= 0.6 is 0 Å². The molecule has 1 aromatic heterocycles. The maximum Gasteiger partial charge on any atom is 0.225 e. The Balaban J connectivity index is 2.45. The van der Waals surface area contributed by atoms with Crippen molar-refractivity contribution < 1.29 is 4.79 Å². The van der Waals surface area contributed by atoms with E-state index in [1.807, 2.05) is 31.2 Å². The van der Waals surface area contributed by atoms with Crippen molar-refractivity contribution in [3.05, 3.63) is 35.7 Å². The summed E-state index contributed by atoms with van der Waals surface area (Å²) in [5, 5.41) is 11.2. The van der Waals surface area contributed by atoms with Crippen molar-refractivity contribution in [3.63, 3.8) is 0 Å². The molecule has 0 spiro atoms. The number of aryl methyl sites for hydroxylation is 1. The monoisotopic (exact) mass is 217 g/mol. The molecule has 2 rings (SSSR count). The largest absolute Gasteiger partial charge is 0.369 e. The molecule has 82 valence electrons. The maximum absolute atomic E-state index is 10.8. The van der Waals surface area contributed by atoms with Gasteiger partial charge in [0, 0.05) is 0 Å². The summed E-state index contributed by atoms with van der Waals surface area (Å²) < 4.78 is 1.53. The van der Waals surface area contributed by atoms with E-state index in [4.69, 9.17) is 5.73 Å². The fourth-order valence-electron chi connectivity index (χ4n) is 1.46. The second-order valence-electron chi connectivity index (χ2n) is 3.44. The van der Waals surface area contributed by atoms with Crippen molar-refractivity contribution in [1.82, 2.24) is 20.2 Å². The zero-order valence-electron chi connectivity index (χ0n) is 8.79. The Morgan fingerprint density at radius 1 is 1.44 bits per heavy atom. The molecule has 6 heteroatoms. The van der Waals surface area contributed by atoms with Crippen molar-refractivity contribution in [2.45, 2.75) is 13.3 Å². The Kier molecular flexibility index (Phi) is 2.63. The fourth-order valence-corrected chi connectivity index (χ4v) is 1.46. The molecule has 0 saturated heterocycles. The summed E-state index contributed by atoms with van der Waals surface area (Å²) in [6.07, 6.45) is 0.0291. The normalized spacial score (nSPS) is 10.3. The van der Waals surface area contributed by atoms with Crippen LogP contribution in [0.4, 0.5) is 0 Å². The number of hydrogen-bond donors (Lipinski definition) is 1. The smallest absolute Gasteiger partial charge is 0.225 e. The summed E-state index contributed by atoms with van der Waals surface area (Å²) in [5.74, 6) is -0.00793. The van der Waals surface area contributed by atoms with E-state index in [-0.39, 0.29) is 6.42 Å². The van der Waals surface area contributed by atoms with E-state index in [1.54, 1.807) is 0 Å². The number of nitrogens with two attached hydrogens (primary N) is 1. The average molecular weight is 217 g/mol. The molecule has 2 aromatic rings. The highest BCUT2D eigenvalue weighted by atomic mass is 16.1. The number of para-hydroxylation sites is 1. The molecule has 6 nitrogen and oxygen atoms in total. The first-order valence-corrected chi connectivity index (χ1v) is 4.80. The zero-order valence-corrected chi connectivity index (χ0v) is 8.79. The predicted molar refractivity (Wildman–Crippen MR) is 56.8 cm³/mol. The zero-order chi connectivity index (χ0) is 11.5. The van der Waals surface area contributed by atoms with Crippen LogP contribution in [0.2, 0.25) is 0 Å². The van der Waals surface area contributed by atoms with Crippen molar-refractivity contribution in [2.75, 3.05) is 0 Å². The number of rotatable bonds is 3. The van der Waals surface area contributed by atoms with Gasteiger partial charge in [-0.05, 0) is 29.0 Å². The summed E-state index contributed by atoms with van der Waals surface area (Å²) in [4.78, 5) is 10.8. The maximum atomic E-state index is 10.8. The van der Waals surface area contributed by atoms with Gasteiger partial charge in [-0.15, -0.1) is 5.10 Å². The lowest BCUT2D eigenvalue weighted by molar-refractivity contribution is -0.117. The molecule has 1 aromatic carbocycles. The molecule has 0 aliphatic heterocycles. The van der Waals surface area contributed by atoms with Gasteiger partial charge in [-0.2, -0.15) is 4.68 Å². The molecule has 0 fully saturated rings. The summed E-state index contributed by atoms with van der Waals surface area (Å²) >= 11 is 0. The van der Waals surface area contributed by atoms with Crippen molar-refractivity contribution in [3.8, 4) is 5.69 Å². The number of benzene rings is 1. The van der Waals surface area contributed by atoms with E-state index in [0.717, 1.165) is 11.3 Å². The van der Waals surface area contributed by atoms with E-state index in [0.29, 0.717) is 5.82 Å². The Morgan fingerprint density at radius 2 is 2.19 bits per heavy atom.